The summed E-state index contributed by atoms with van der Waals surface area (Å²) in [6.07, 6.45) is 0.991. The summed E-state index contributed by atoms with van der Waals surface area (Å²) in [4.78, 5) is 29.9. The standard InChI is InChI=1S/C22H24N4O4/c1-16-9-11-19(12-10-16)29-13-14-30-23-15-20(27)24-21-17(2)25(3)26(22(21)28)18-7-5-4-6-8-18/h4-12,15H,13-14H2,1-3H3,(H,24,27)/b23-15+. The zero-order chi connectivity index (χ0) is 21.5. The summed E-state index contributed by atoms with van der Waals surface area (Å²) in [5.41, 5.74) is 2.35. The largest absolute Gasteiger partial charge is 0.490 e. The molecule has 3 rings (SSSR count). The first-order valence-electron chi connectivity index (χ1n) is 9.47. The maximum atomic E-state index is 12.8. The number of ether oxygens (including phenoxy) is 1. The van der Waals surface area contributed by atoms with Crippen LogP contribution in [0.1, 0.15) is 11.3 Å². The highest BCUT2D eigenvalue weighted by Gasteiger charge is 2.17. The predicted molar refractivity (Wildman–Crippen MR) is 115 cm³/mol. The highest BCUT2D eigenvalue weighted by molar-refractivity contribution is 6.31. The van der Waals surface area contributed by atoms with Gasteiger partial charge in [-0.25, -0.2) is 4.68 Å². The molecule has 8 nitrogen and oxygen atoms in total. The Labute approximate surface area is 174 Å². The summed E-state index contributed by atoms with van der Waals surface area (Å²) in [6.45, 7) is 4.23. The van der Waals surface area contributed by atoms with Crippen LogP contribution in [0.15, 0.2) is 64.5 Å². The molecule has 0 fully saturated rings. The number of para-hydroxylation sites is 1. The molecule has 2 aromatic carbocycles. The Balaban J connectivity index is 1.53. The van der Waals surface area contributed by atoms with E-state index in [4.69, 9.17) is 9.57 Å². The molecule has 0 aliphatic carbocycles. The number of rotatable bonds is 8. The number of hydrogen-bond donors (Lipinski definition) is 1. The number of nitrogens with one attached hydrogen (secondary N) is 1. The first-order chi connectivity index (χ1) is 14.5. The summed E-state index contributed by atoms with van der Waals surface area (Å²) >= 11 is 0. The van der Waals surface area contributed by atoms with Gasteiger partial charge in [0.25, 0.3) is 11.5 Å². The predicted octanol–water partition coefficient (Wildman–Crippen LogP) is 2.81. The zero-order valence-electron chi connectivity index (χ0n) is 17.2. The lowest BCUT2D eigenvalue weighted by molar-refractivity contribution is -0.110. The van der Waals surface area contributed by atoms with E-state index in [9.17, 15) is 9.59 Å². The lowest BCUT2D eigenvalue weighted by Crippen LogP contribution is -2.23. The number of benzene rings is 2. The molecule has 0 atom stereocenters. The van der Waals surface area contributed by atoms with Crippen LogP contribution in [0.25, 0.3) is 5.69 Å². The van der Waals surface area contributed by atoms with Crippen LogP contribution in [0.3, 0.4) is 0 Å². The van der Waals surface area contributed by atoms with Gasteiger partial charge in [0.15, 0.2) is 6.61 Å². The number of amides is 1. The number of hydrogen-bond acceptors (Lipinski definition) is 5. The summed E-state index contributed by atoms with van der Waals surface area (Å²) in [6, 6.07) is 16.8. The Hall–Kier alpha value is -3.81. The summed E-state index contributed by atoms with van der Waals surface area (Å²) < 4.78 is 8.68. The molecule has 0 aliphatic heterocycles. The van der Waals surface area contributed by atoms with Crippen LogP contribution >= 0.6 is 0 Å². The van der Waals surface area contributed by atoms with Crippen molar-refractivity contribution >= 4 is 17.8 Å². The third kappa shape index (κ3) is 4.96. The van der Waals surface area contributed by atoms with E-state index in [1.165, 1.54) is 4.68 Å². The fraction of sp³-hybridized carbons (Fsp3) is 0.227. The smallest absolute Gasteiger partial charge is 0.295 e. The van der Waals surface area contributed by atoms with Gasteiger partial charge in [-0.3, -0.25) is 14.3 Å². The number of oxime groups is 1. The van der Waals surface area contributed by atoms with Crippen molar-refractivity contribution < 1.29 is 14.4 Å². The van der Waals surface area contributed by atoms with Crippen molar-refractivity contribution in [1.82, 2.24) is 9.36 Å². The van der Waals surface area contributed by atoms with Gasteiger partial charge in [0.1, 0.15) is 24.3 Å². The van der Waals surface area contributed by atoms with Crippen molar-refractivity contribution in [1.29, 1.82) is 0 Å². The SMILES string of the molecule is Cc1ccc(OCCO/N=C/C(=O)Nc2c(C)n(C)n(-c3ccccc3)c2=O)cc1. The molecule has 156 valence electrons. The van der Waals surface area contributed by atoms with Crippen LogP contribution in [0, 0.1) is 13.8 Å². The zero-order valence-corrected chi connectivity index (χ0v) is 17.2. The first kappa shape index (κ1) is 20.9. The highest BCUT2D eigenvalue weighted by atomic mass is 16.6. The second-order valence-corrected chi connectivity index (χ2v) is 6.66. The van der Waals surface area contributed by atoms with Gasteiger partial charge in [0, 0.05) is 7.05 Å². The van der Waals surface area contributed by atoms with Gasteiger partial charge < -0.3 is 14.9 Å². The molecular weight excluding hydrogens is 384 g/mol. The van der Waals surface area contributed by atoms with Crippen molar-refractivity contribution in [3.05, 3.63) is 76.2 Å². The lowest BCUT2D eigenvalue weighted by atomic mass is 10.2. The van der Waals surface area contributed by atoms with E-state index in [-0.39, 0.29) is 17.9 Å². The monoisotopic (exact) mass is 408 g/mol. The first-order valence-corrected chi connectivity index (χ1v) is 9.47. The van der Waals surface area contributed by atoms with E-state index in [1.807, 2.05) is 61.5 Å². The Bertz CT molecular complexity index is 1080. The average molecular weight is 408 g/mol. The molecule has 0 saturated heterocycles. The van der Waals surface area contributed by atoms with Crippen molar-refractivity contribution in [2.45, 2.75) is 13.8 Å². The molecule has 30 heavy (non-hydrogen) atoms. The number of nitrogens with zero attached hydrogens (tertiary/aromatic N) is 3. The second kappa shape index (κ2) is 9.60. The van der Waals surface area contributed by atoms with Crippen molar-refractivity contribution in [2.24, 2.45) is 12.2 Å². The van der Waals surface area contributed by atoms with Crippen molar-refractivity contribution in [3.8, 4) is 11.4 Å². The maximum Gasteiger partial charge on any atom is 0.295 e. The van der Waals surface area contributed by atoms with Crippen LogP contribution < -0.4 is 15.6 Å². The van der Waals surface area contributed by atoms with Gasteiger partial charge in [-0.15, -0.1) is 0 Å². The van der Waals surface area contributed by atoms with Crippen LogP contribution in [0.2, 0.25) is 0 Å². The van der Waals surface area contributed by atoms with Crippen LogP contribution in [0.4, 0.5) is 5.69 Å². The van der Waals surface area contributed by atoms with E-state index in [0.29, 0.717) is 18.0 Å². The maximum absolute atomic E-state index is 12.8. The number of anilines is 1. The van der Waals surface area contributed by atoms with E-state index in [2.05, 4.69) is 10.5 Å². The average Bonchev–Trinajstić information content (AvgIpc) is 2.95. The summed E-state index contributed by atoms with van der Waals surface area (Å²) in [5, 5.41) is 6.20. The van der Waals surface area contributed by atoms with Gasteiger partial charge in [0.2, 0.25) is 0 Å². The molecule has 3 aromatic rings. The van der Waals surface area contributed by atoms with Gasteiger partial charge in [-0.1, -0.05) is 41.1 Å². The summed E-state index contributed by atoms with van der Waals surface area (Å²) in [7, 11) is 1.75. The quantitative estimate of drug-likeness (QED) is 0.353. The topological polar surface area (TPSA) is 86.8 Å². The molecule has 0 unspecified atom stereocenters. The third-order valence-corrected chi connectivity index (χ3v) is 4.51. The highest BCUT2D eigenvalue weighted by Crippen LogP contribution is 2.14. The second-order valence-electron chi connectivity index (χ2n) is 6.66. The molecule has 0 radical (unpaired) electrons. The third-order valence-electron chi connectivity index (χ3n) is 4.51. The molecule has 8 heteroatoms. The molecule has 1 aromatic heterocycles. The van der Waals surface area contributed by atoms with Gasteiger partial charge >= 0.3 is 0 Å². The van der Waals surface area contributed by atoms with E-state index in [1.54, 1.807) is 18.7 Å². The Morgan fingerprint density at radius 1 is 1.07 bits per heavy atom. The number of aryl methyl sites for hydroxylation is 1. The van der Waals surface area contributed by atoms with Crippen molar-refractivity contribution in [3.63, 3.8) is 0 Å². The number of aromatic nitrogens is 2. The number of carbonyl (C=O) groups excluding carboxylic acids is 1. The van der Waals surface area contributed by atoms with E-state index >= 15 is 0 Å². The normalized spacial score (nSPS) is 10.9. The lowest BCUT2D eigenvalue weighted by Gasteiger charge is -2.07. The Morgan fingerprint density at radius 2 is 1.77 bits per heavy atom. The Kier molecular flexibility index (Phi) is 6.69. The molecule has 0 bridgehead atoms. The van der Waals surface area contributed by atoms with Crippen molar-refractivity contribution in [2.75, 3.05) is 18.5 Å². The van der Waals surface area contributed by atoms with Crippen LogP contribution in [-0.4, -0.2) is 34.7 Å². The fourth-order valence-corrected chi connectivity index (χ4v) is 2.84. The minimum Gasteiger partial charge on any atom is -0.490 e. The molecule has 0 aliphatic rings. The van der Waals surface area contributed by atoms with Gasteiger partial charge in [-0.05, 0) is 38.1 Å². The van der Waals surface area contributed by atoms with E-state index in [0.717, 1.165) is 17.5 Å². The van der Waals surface area contributed by atoms with E-state index < -0.39 is 5.91 Å². The summed E-state index contributed by atoms with van der Waals surface area (Å²) in [5.74, 6) is 0.181. The van der Waals surface area contributed by atoms with Gasteiger partial charge in [-0.2, -0.15) is 0 Å². The Morgan fingerprint density at radius 3 is 2.47 bits per heavy atom. The fourth-order valence-electron chi connectivity index (χ4n) is 2.84. The number of carbonyl (C=O) groups is 1. The molecule has 0 spiro atoms. The minimum atomic E-state index is -0.555. The molecule has 0 saturated carbocycles. The van der Waals surface area contributed by atoms with Crippen LogP contribution in [0.5, 0.6) is 5.75 Å². The van der Waals surface area contributed by atoms with Crippen LogP contribution in [-0.2, 0) is 16.7 Å². The molecule has 1 amide bonds. The molecule has 1 heterocycles. The molecule has 1 N–H and O–H groups in total. The molecular formula is C22H24N4O4. The van der Waals surface area contributed by atoms with Gasteiger partial charge in [0.05, 0.1) is 11.4 Å². The minimum absolute atomic E-state index is 0.183.